The second-order valence-electron chi connectivity index (χ2n) is 6.44. The third-order valence-corrected chi connectivity index (χ3v) is 5.34. The number of benzene rings is 2. The lowest BCUT2D eigenvalue weighted by Gasteiger charge is -2.11. The van der Waals surface area contributed by atoms with E-state index in [1.54, 1.807) is 18.4 Å². The zero-order chi connectivity index (χ0) is 20.1. The third kappa shape index (κ3) is 4.70. The first-order valence-corrected chi connectivity index (χ1v) is 9.95. The molecule has 0 fully saturated rings. The maximum atomic E-state index is 11.6. The van der Waals surface area contributed by atoms with Gasteiger partial charge in [-0.15, -0.1) is 11.3 Å². The van der Waals surface area contributed by atoms with E-state index in [9.17, 15) is 4.79 Å². The summed E-state index contributed by atoms with van der Waals surface area (Å²) in [5.41, 5.74) is 4.52. The number of rotatable bonds is 7. The van der Waals surface area contributed by atoms with Crippen LogP contribution >= 0.6 is 11.3 Å². The standard InChI is InChI=1S/C22H24N2O3S/c1-5-23-21(25)13-27-18-8-6-16(12-19(18)26-4)7-9-22-24-17-10-14(2)15(3)11-20(17)28-22/h6-12H,5,13H2,1-4H3,(H,23,25). The summed E-state index contributed by atoms with van der Waals surface area (Å²) >= 11 is 1.67. The molecule has 0 aliphatic rings. The van der Waals surface area contributed by atoms with E-state index >= 15 is 0 Å². The second kappa shape index (κ2) is 8.89. The SMILES string of the molecule is CCNC(=O)COc1ccc(C=Cc2nc3cc(C)c(C)cc3s2)cc1OC. The van der Waals surface area contributed by atoms with Gasteiger partial charge in [0.15, 0.2) is 18.1 Å². The minimum atomic E-state index is -0.158. The van der Waals surface area contributed by atoms with Crippen LogP contribution in [-0.4, -0.2) is 31.2 Å². The molecule has 0 saturated carbocycles. The van der Waals surface area contributed by atoms with Crippen LogP contribution in [0.4, 0.5) is 0 Å². The van der Waals surface area contributed by atoms with Crippen LogP contribution in [0, 0.1) is 13.8 Å². The monoisotopic (exact) mass is 396 g/mol. The number of methoxy groups -OCH3 is 1. The highest BCUT2D eigenvalue weighted by atomic mass is 32.1. The van der Waals surface area contributed by atoms with Gasteiger partial charge in [0.2, 0.25) is 0 Å². The van der Waals surface area contributed by atoms with E-state index in [1.165, 1.54) is 15.8 Å². The van der Waals surface area contributed by atoms with Crippen molar-refractivity contribution < 1.29 is 14.3 Å². The van der Waals surface area contributed by atoms with Crippen LogP contribution in [0.25, 0.3) is 22.4 Å². The third-order valence-electron chi connectivity index (χ3n) is 4.36. The molecule has 1 amide bonds. The number of nitrogens with one attached hydrogen (secondary N) is 1. The van der Waals surface area contributed by atoms with Crippen LogP contribution in [0.1, 0.15) is 28.6 Å². The first-order chi connectivity index (χ1) is 13.5. The quantitative estimate of drug-likeness (QED) is 0.634. The molecule has 0 unspecified atom stereocenters. The summed E-state index contributed by atoms with van der Waals surface area (Å²) in [5.74, 6) is 0.966. The van der Waals surface area contributed by atoms with Crippen LogP contribution in [0.2, 0.25) is 0 Å². The van der Waals surface area contributed by atoms with Gasteiger partial charge in [-0.2, -0.15) is 0 Å². The molecule has 1 N–H and O–H groups in total. The molecule has 0 radical (unpaired) electrons. The summed E-state index contributed by atoms with van der Waals surface area (Å²) in [5, 5.41) is 3.65. The molecule has 0 saturated heterocycles. The highest BCUT2D eigenvalue weighted by Gasteiger charge is 2.08. The lowest BCUT2D eigenvalue weighted by atomic mass is 10.1. The number of fused-ring (bicyclic) bond motifs is 1. The van der Waals surface area contributed by atoms with Crippen molar-refractivity contribution in [2.24, 2.45) is 0 Å². The number of aryl methyl sites for hydroxylation is 2. The Kier molecular flexibility index (Phi) is 6.31. The molecule has 6 heteroatoms. The van der Waals surface area contributed by atoms with Gasteiger partial charge in [0.1, 0.15) is 5.01 Å². The molecule has 3 rings (SSSR count). The van der Waals surface area contributed by atoms with Gasteiger partial charge in [-0.1, -0.05) is 12.1 Å². The average molecular weight is 397 g/mol. The van der Waals surface area contributed by atoms with Crippen molar-refractivity contribution in [2.45, 2.75) is 20.8 Å². The highest BCUT2D eigenvalue weighted by Crippen LogP contribution is 2.30. The van der Waals surface area contributed by atoms with Gasteiger partial charge in [0.05, 0.1) is 17.3 Å². The molecule has 0 aliphatic heterocycles. The molecule has 0 aliphatic carbocycles. The summed E-state index contributed by atoms with van der Waals surface area (Å²) in [7, 11) is 1.58. The van der Waals surface area contributed by atoms with E-state index in [4.69, 9.17) is 9.47 Å². The van der Waals surface area contributed by atoms with Gasteiger partial charge in [-0.25, -0.2) is 4.98 Å². The molecule has 1 heterocycles. The minimum absolute atomic E-state index is 0.0378. The predicted molar refractivity (Wildman–Crippen MR) is 115 cm³/mol. The molecular formula is C22H24N2O3S. The lowest BCUT2D eigenvalue weighted by molar-refractivity contribution is -0.123. The number of nitrogens with zero attached hydrogens (tertiary/aromatic N) is 1. The van der Waals surface area contributed by atoms with Gasteiger partial charge in [-0.3, -0.25) is 4.79 Å². The number of ether oxygens (including phenoxy) is 2. The summed E-state index contributed by atoms with van der Waals surface area (Å²) in [6, 6.07) is 9.92. The summed E-state index contributed by atoms with van der Waals surface area (Å²) < 4.78 is 12.1. The Morgan fingerprint density at radius 2 is 1.93 bits per heavy atom. The van der Waals surface area contributed by atoms with Crippen molar-refractivity contribution in [1.82, 2.24) is 10.3 Å². The predicted octanol–water partition coefficient (Wildman–Crippen LogP) is 4.61. The molecule has 1 aromatic heterocycles. The van der Waals surface area contributed by atoms with Crippen molar-refractivity contribution in [3.05, 3.63) is 52.0 Å². The number of thiazole rings is 1. The molecule has 3 aromatic rings. The van der Waals surface area contributed by atoms with E-state index in [1.807, 2.05) is 37.3 Å². The van der Waals surface area contributed by atoms with Gasteiger partial charge in [-0.05, 0) is 67.8 Å². The number of aromatic nitrogens is 1. The smallest absolute Gasteiger partial charge is 0.257 e. The fourth-order valence-corrected chi connectivity index (χ4v) is 3.69. The van der Waals surface area contributed by atoms with Gasteiger partial charge in [0.25, 0.3) is 5.91 Å². The molecule has 0 atom stereocenters. The number of carbonyl (C=O) groups excluding carboxylic acids is 1. The maximum Gasteiger partial charge on any atom is 0.257 e. The van der Waals surface area contributed by atoms with Gasteiger partial charge >= 0.3 is 0 Å². The fraction of sp³-hybridized carbons (Fsp3) is 0.273. The summed E-state index contributed by atoms with van der Waals surface area (Å²) in [6.45, 7) is 6.63. The Morgan fingerprint density at radius 3 is 2.68 bits per heavy atom. The zero-order valence-electron chi connectivity index (χ0n) is 16.5. The number of carbonyl (C=O) groups is 1. The Balaban J connectivity index is 1.75. The summed E-state index contributed by atoms with van der Waals surface area (Å²) in [4.78, 5) is 16.3. The van der Waals surface area contributed by atoms with Crippen molar-refractivity contribution in [3.63, 3.8) is 0 Å². The Labute approximate surface area is 169 Å². The van der Waals surface area contributed by atoms with Crippen LogP contribution in [-0.2, 0) is 4.79 Å². The van der Waals surface area contributed by atoms with Crippen molar-refractivity contribution in [1.29, 1.82) is 0 Å². The molecule has 2 aromatic carbocycles. The average Bonchev–Trinajstić information content (AvgIpc) is 3.07. The second-order valence-corrected chi connectivity index (χ2v) is 7.50. The van der Waals surface area contributed by atoms with E-state index < -0.39 is 0 Å². The van der Waals surface area contributed by atoms with Crippen LogP contribution in [0.15, 0.2) is 30.3 Å². The largest absolute Gasteiger partial charge is 0.493 e. The van der Waals surface area contributed by atoms with E-state index in [0.29, 0.717) is 18.0 Å². The van der Waals surface area contributed by atoms with Gasteiger partial charge in [0, 0.05) is 6.54 Å². The van der Waals surface area contributed by atoms with E-state index in [2.05, 4.69) is 36.3 Å². The van der Waals surface area contributed by atoms with Gasteiger partial charge < -0.3 is 14.8 Å². The van der Waals surface area contributed by atoms with Crippen molar-refractivity contribution in [3.8, 4) is 11.5 Å². The van der Waals surface area contributed by atoms with Crippen LogP contribution in [0.5, 0.6) is 11.5 Å². The first-order valence-electron chi connectivity index (χ1n) is 9.13. The Bertz CT molecular complexity index is 985. The zero-order valence-corrected chi connectivity index (χ0v) is 17.4. The summed E-state index contributed by atoms with van der Waals surface area (Å²) in [6.07, 6.45) is 3.99. The molecular weight excluding hydrogens is 372 g/mol. The molecule has 0 spiro atoms. The van der Waals surface area contributed by atoms with E-state index in [0.717, 1.165) is 16.1 Å². The Morgan fingerprint density at radius 1 is 1.14 bits per heavy atom. The molecule has 146 valence electrons. The lowest BCUT2D eigenvalue weighted by Crippen LogP contribution is -2.28. The normalized spacial score (nSPS) is 11.1. The molecule has 5 nitrogen and oxygen atoms in total. The fourth-order valence-electron chi connectivity index (χ4n) is 2.74. The number of amides is 1. The minimum Gasteiger partial charge on any atom is -0.493 e. The highest BCUT2D eigenvalue weighted by molar-refractivity contribution is 7.19. The topological polar surface area (TPSA) is 60.5 Å². The molecule has 28 heavy (non-hydrogen) atoms. The van der Waals surface area contributed by atoms with Crippen molar-refractivity contribution in [2.75, 3.05) is 20.3 Å². The molecule has 0 bridgehead atoms. The van der Waals surface area contributed by atoms with E-state index in [-0.39, 0.29) is 12.5 Å². The number of likely N-dealkylation sites (N-methyl/N-ethyl adjacent to an activating group) is 1. The Hall–Kier alpha value is -2.86. The van der Waals surface area contributed by atoms with Crippen LogP contribution < -0.4 is 14.8 Å². The number of hydrogen-bond acceptors (Lipinski definition) is 5. The first kappa shape index (κ1) is 19.9. The number of hydrogen-bond donors (Lipinski definition) is 1. The van der Waals surface area contributed by atoms with Crippen LogP contribution in [0.3, 0.4) is 0 Å². The van der Waals surface area contributed by atoms with Crippen molar-refractivity contribution >= 4 is 39.6 Å². The maximum absolute atomic E-state index is 11.6.